The Morgan fingerprint density at radius 1 is 0.775 bits per heavy atom. The molecule has 9 atom stereocenters. The van der Waals surface area contributed by atoms with Crippen molar-refractivity contribution in [1.82, 2.24) is 15.7 Å². The summed E-state index contributed by atoms with van der Waals surface area (Å²) < 4.78 is 5.04. The number of nitrogens with two attached hydrogens (primary N) is 2. The van der Waals surface area contributed by atoms with Crippen LogP contribution in [0.4, 0.5) is 0 Å². The third-order valence-corrected chi connectivity index (χ3v) is 12.2. The van der Waals surface area contributed by atoms with Gasteiger partial charge in [0.15, 0.2) is 23.8 Å². The quantitative estimate of drug-likeness (QED) is 0.0140. The van der Waals surface area contributed by atoms with Gasteiger partial charge in [-0.15, -0.1) is 0 Å². The molecule has 400 valence electrons. The van der Waals surface area contributed by atoms with E-state index in [1.807, 2.05) is 0 Å². The van der Waals surface area contributed by atoms with E-state index in [2.05, 4.69) is 20.8 Å². The smallest absolute Gasteiger partial charge is 0.303 e. The number of likely N-dealkylation sites (tertiary alicyclic amines) is 1. The summed E-state index contributed by atoms with van der Waals surface area (Å²) in [5, 5.41) is 61.0. The van der Waals surface area contributed by atoms with E-state index in [0.717, 1.165) is 0 Å². The molecule has 2 rings (SSSR count). The highest BCUT2D eigenvalue weighted by molar-refractivity contribution is 5.96. The van der Waals surface area contributed by atoms with Gasteiger partial charge in [-0.2, -0.15) is 0 Å². The number of aliphatic hydroxyl groups is 5. The number of aliphatic hydroxyl groups excluding tert-OH is 5. The first-order chi connectivity index (χ1) is 33.5. The monoisotopic (exact) mass is 1010 g/mol. The maximum atomic E-state index is 13.6. The van der Waals surface area contributed by atoms with E-state index in [-0.39, 0.29) is 121 Å². The molecule has 2 amide bonds. The second-order valence-electron chi connectivity index (χ2n) is 18.2. The fraction of sp³-hybridized carbons (Fsp3) is 0.739. The van der Waals surface area contributed by atoms with Gasteiger partial charge in [-0.3, -0.25) is 68.2 Å². The summed E-state index contributed by atoms with van der Waals surface area (Å²) in [5.74, 6) is -7.92. The number of carbonyl (C=O) groups is 10. The molecule has 71 heavy (non-hydrogen) atoms. The van der Waals surface area contributed by atoms with Gasteiger partial charge in [0.2, 0.25) is 11.8 Å². The van der Waals surface area contributed by atoms with E-state index in [9.17, 15) is 73.5 Å². The summed E-state index contributed by atoms with van der Waals surface area (Å²) in [4.78, 5) is 142. The van der Waals surface area contributed by atoms with E-state index in [4.69, 9.17) is 26.1 Å². The van der Waals surface area contributed by atoms with E-state index >= 15 is 0 Å². The number of carboxylic acids is 1. The minimum absolute atomic E-state index is 0.00810. The first-order valence-electron chi connectivity index (χ1n) is 23.8. The lowest BCUT2D eigenvalue weighted by molar-refractivity contribution is -0.248. The fourth-order valence-corrected chi connectivity index (χ4v) is 8.00. The second kappa shape index (κ2) is 31.8. The number of carbonyl (C=O) groups excluding carboxylic acids is 9. The molecule has 25 heteroatoms. The number of hydrogen-bond acceptors (Lipinski definition) is 19. The Hall–Kier alpha value is -5.44. The highest BCUT2D eigenvalue weighted by atomic mass is 16.6. The number of nitrogens with one attached hydrogen (secondary N) is 2. The number of rotatable bonds is 35. The van der Waals surface area contributed by atoms with Crippen LogP contribution in [0.1, 0.15) is 124 Å². The van der Waals surface area contributed by atoms with Crippen molar-refractivity contribution in [3.63, 3.8) is 0 Å². The minimum atomic E-state index is -1.65. The van der Waals surface area contributed by atoms with Crippen molar-refractivity contribution < 1.29 is 88.2 Å². The molecule has 25 nitrogen and oxygen atoms in total. The van der Waals surface area contributed by atoms with Crippen LogP contribution in [-0.2, 0) is 57.5 Å². The first-order valence-corrected chi connectivity index (χ1v) is 23.8. The van der Waals surface area contributed by atoms with E-state index in [1.54, 1.807) is 13.8 Å². The molecule has 12 N–H and O–H groups in total. The standard InChI is InChI=1S/C46H73N7O18/c1-25(2)32(35(60)15-17-40(64)65)21-37(62)27(22-54)20-30(58)10-8-28(56)12-14-36(61)33(6-4-18-49-46(47)48)51-44(68)34-7-5-19-53(34)39(63)16-13-29(57)9-11-31(59)24-70-52-26(3)50-41-43(67)42(66)38(23-55)71-45(41)69/h25,27,32-34,38,41-43,45,54-55,66-67,69H,4-24H2,1-3H3,(H,50,52)(H,51,68)(H,64,65)(H4,47,48,49). The van der Waals surface area contributed by atoms with Gasteiger partial charge in [0.25, 0.3) is 0 Å². The van der Waals surface area contributed by atoms with Gasteiger partial charge < -0.3 is 57.1 Å². The minimum Gasteiger partial charge on any atom is -0.481 e. The van der Waals surface area contributed by atoms with Crippen molar-refractivity contribution in [3.8, 4) is 0 Å². The first kappa shape index (κ1) is 61.7. The van der Waals surface area contributed by atoms with Crippen LogP contribution in [0.25, 0.3) is 0 Å². The summed E-state index contributed by atoms with van der Waals surface area (Å²) in [6.07, 6.45) is -8.20. The number of ketones is 7. The van der Waals surface area contributed by atoms with Gasteiger partial charge in [-0.1, -0.05) is 13.8 Å². The molecule has 0 spiro atoms. The molecule has 2 saturated heterocycles. The molecule has 2 aliphatic heterocycles. The van der Waals surface area contributed by atoms with Crippen LogP contribution < -0.4 is 22.3 Å². The van der Waals surface area contributed by atoms with Gasteiger partial charge in [0.1, 0.15) is 71.8 Å². The molecule has 0 saturated carbocycles. The Kier molecular flexibility index (Phi) is 27.6. The zero-order chi connectivity index (χ0) is 53.4. The topological polar surface area (TPSA) is 415 Å². The zero-order valence-corrected chi connectivity index (χ0v) is 40.7. The number of nitrogens with zero attached hydrogens (tertiary/aromatic N) is 3. The molecule has 0 aromatic carbocycles. The van der Waals surface area contributed by atoms with Crippen LogP contribution in [0.2, 0.25) is 0 Å². The normalized spacial score (nSPS) is 21.4. The summed E-state index contributed by atoms with van der Waals surface area (Å²) in [6, 6.07) is -3.38. The summed E-state index contributed by atoms with van der Waals surface area (Å²) in [7, 11) is 0. The van der Waals surface area contributed by atoms with Crippen LogP contribution >= 0.6 is 0 Å². The molecule has 0 aromatic heterocycles. The number of amidine groups is 1. The average Bonchev–Trinajstić information content (AvgIpc) is 3.82. The van der Waals surface area contributed by atoms with E-state index < -0.39 is 139 Å². The average molecular weight is 1010 g/mol. The number of aliphatic imine (C=N–C) groups is 2. The summed E-state index contributed by atoms with van der Waals surface area (Å²) in [5.41, 5.74) is 13.2. The molecule has 2 aliphatic rings. The third kappa shape index (κ3) is 22.3. The maximum absolute atomic E-state index is 13.6. The Balaban J connectivity index is 1.87. The van der Waals surface area contributed by atoms with Gasteiger partial charge in [0, 0.05) is 95.6 Å². The zero-order valence-electron chi connectivity index (χ0n) is 40.7. The number of hydroxylamine groups is 1. The highest BCUT2D eigenvalue weighted by Crippen LogP contribution is 2.25. The molecule has 0 radical (unpaired) electrons. The number of guanidine groups is 1. The Morgan fingerprint density at radius 2 is 1.38 bits per heavy atom. The van der Waals surface area contributed by atoms with Crippen molar-refractivity contribution in [3.05, 3.63) is 0 Å². The number of aliphatic carboxylic acids is 1. The Labute approximate surface area is 411 Å². The third-order valence-electron chi connectivity index (χ3n) is 12.2. The van der Waals surface area contributed by atoms with Crippen LogP contribution in [0.3, 0.4) is 0 Å². The second-order valence-corrected chi connectivity index (χ2v) is 18.2. The van der Waals surface area contributed by atoms with E-state index in [0.29, 0.717) is 6.42 Å². The van der Waals surface area contributed by atoms with Crippen molar-refractivity contribution in [2.45, 2.75) is 166 Å². The highest BCUT2D eigenvalue weighted by Gasteiger charge is 2.44. The van der Waals surface area contributed by atoms with Crippen molar-refractivity contribution >= 4 is 70.1 Å². The number of carboxylic acid groups (broad SMARTS) is 1. The van der Waals surface area contributed by atoms with Gasteiger partial charge in [-0.25, -0.2) is 0 Å². The predicted molar refractivity (Wildman–Crippen MR) is 250 cm³/mol. The molecule has 0 aromatic rings. The summed E-state index contributed by atoms with van der Waals surface area (Å²) in [6.45, 7) is 3.32. The lowest BCUT2D eigenvalue weighted by Gasteiger charge is -2.38. The van der Waals surface area contributed by atoms with E-state index in [1.165, 1.54) is 11.8 Å². The number of hydrogen-bond donors (Lipinski definition) is 10. The van der Waals surface area contributed by atoms with Crippen molar-refractivity contribution in [1.29, 1.82) is 0 Å². The molecule has 0 bridgehead atoms. The van der Waals surface area contributed by atoms with Crippen LogP contribution in [-0.4, -0.2) is 181 Å². The largest absolute Gasteiger partial charge is 0.481 e. The van der Waals surface area contributed by atoms with Crippen molar-refractivity contribution in [2.24, 2.45) is 39.2 Å². The maximum Gasteiger partial charge on any atom is 0.303 e. The lowest BCUT2D eigenvalue weighted by Crippen LogP contribution is -2.58. The molecule has 0 aliphatic carbocycles. The molecule has 9 unspecified atom stereocenters. The van der Waals surface area contributed by atoms with Gasteiger partial charge >= 0.3 is 5.97 Å². The fourth-order valence-electron chi connectivity index (χ4n) is 8.00. The molecule has 2 fully saturated rings. The Morgan fingerprint density at radius 3 is 1.99 bits per heavy atom. The molecular formula is C46H73N7O18. The number of ether oxygens (including phenoxy) is 1. The molecular weight excluding hydrogens is 939 g/mol. The summed E-state index contributed by atoms with van der Waals surface area (Å²) >= 11 is 0. The van der Waals surface area contributed by atoms with Crippen LogP contribution in [0.15, 0.2) is 9.98 Å². The predicted octanol–water partition coefficient (Wildman–Crippen LogP) is -2.11. The van der Waals surface area contributed by atoms with Crippen LogP contribution in [0, 0.1) is 17.8 Å². The van der Waals surface area contributed by atoms with Gasteiger partial charge in [-0.05, 0) is 38.5 Å². The van der Waals surface area contributed by atoms with Crippen LogP contribution in [0.5, 0.6) is 0 Å². The Bertz CT molecular complexity index is 1920. The number of amides is 2. The lowest BCUT2D eigenvalue weighted by atomic mass is 9.82. The number of Topliss-reactive ketones (excluding diaryl/α,β-unsaturated/α-hetero) is 7. The molecule has 2 heterocycles. The van der Waals surface area contributed by atoms with Crippen molar-refractivity contribution in [2.75, 3.05) is 32.9 Å². The SMILES string of the molecule is CC(=NC1C(O)OC(CO)C(O)C1O)NOCC(=O)CCC(=O)CCC(=O)N1CCCC1C(=O)NC(CCCN=C(N)N)C(=O)CCC(=O)CCC(=O)CC(CO)C(=O)CC(C(=O)CCC(=O)O)C(C)C. The van der Waals surface area contributed by atoms with Gasteiger partial charge in [0.05, 0.1) is 25.7 Å².